The van der Waals surface area contributed by atoms with Gasteiger partial charge in [-0.05, 0) is 19.8 Å². The van der Waals surface area contributed by atoms with Gasteiger partial charge in [0.1, 0.15) is 0 Å². The summed E-state index contributed by atoms with van der Waals surface area (Å²) in [6.07, 6.45) is 1.44. The van der Waals surface area contributed by atoms with Gasteiger partial charge in [0.05, 0.1) is 6.61 Å². The summed E-state index contributed by atoms with van der Waals surface area (Å²) in [6.45, 7) is 5.08. The molecule has 0 aromatic heterocycles. The monoisotopic (exact) mass is 241 g/mol. The van der Waals surface area contributed by atoms with Crippen LogP contribution in [0.15, 0.2) is 0 Å². The number of carbonyl (C=O) groups is 2. The van der Waals surface area contributed by atoms with Crippen molar-refractivity contribution in [2.24, 2.45) is 0 Å². The van der Waals surface area contributed by atoms with Gasteiger partial charge < -0.3 is 19.9 Å². The van der Waals surface area contributed by atoms with E-state index in [1.165, 1.54) is 0 Å². The van der Waals surface area contributed by atoms with Crippen LogP contribution in [0.1, 0.15) is 19.8 Å². The van der Waals surface area contributed by atoms with E-state index in [-0.39, 0.29) is 18.2 Å². The van der Waals surface area contributed by atoms with Gasteiger partial charge in [-0.25, -0.2) is 9.59 Å². The van der Waals surface area contributed by atoms with Crippen LogP contribution in [-0.2, 0) is 4.74 Å². The van der Waals surface area contributed by atoms with Gasteiger partial charge >= 0.3 is 12.1 Å². The fourth-order valence-electron chi connectivity index (χ4n) is 2.41. The average molecular weight is 241 g/mol. The number of ether oxygens (including phenoxy) is 1. The van der Waals surface area contributed by atoms with Crippen LogP contribution in [0.2, 0.25) is 0 Å². The number of piperidine rings is 1. The molecule has 2 aliphatic rings. The number of nitrogens with one attached hydrogen (secondary N) is 1. The number of hydrogen-bond acceptors (Lipinski definition) is 3. The van der Waals surface area contributed by atoms with Crippen LogP contribution < -0.4 is 5.32 Å². The molecule has 2 heterocycles. The highest BCUT2D eigenvalue weighted by Gasteiger charge is 2.32. The van der Waals surface area contributed by atoms with Crippen molar-refractivity contribution in [1.82, 2.24) is 15.1 Å². The molecule has 6 nitrogen and oxygen atoms in total. The number of carbonyl (C=O) groups excluding carboxylic acids is 2. The Balaban J connectivity index is 1.81. The molecule has 2 saturated heterocycles. The van der Waals surface area contributed by atoms with E-state index in [9.17, 15) is 9.59 Å². The van der Waals surface area contributed by atoms with Crippen molar-refractivity contribution in [3.63, 3.8) is 0 Å². The minimum absolute atomic E-state index is 0.0274. The molecule has 0 atom stereocenters. The highest BCUT2D eigenvalue weighted by molar-refractivity contribution is 5.76. The van der Waals surface area contributed by atoms with Crippen molar-refractivity contribution in [2.75, 3.05) is 32.8 Å². The van der Waals surface area contributed by atoms with Gasteiger partial charge in [-0.1, -0.05) is 0 Å². The Bertz CT molecular complexity index is 300. The number of hydrogen-bond donors (Lipinski definition) is 1. The highest BCUT2D eigenvalue weighted by Crippen LogP contribution is 2.18. The second-order valence-corrected chi connectivity index (χ2v) is 4.34. The summed E-state index contributed by atoms with van der Waals surface area (Å²) in [4.78, 5) is 26.6. The van der Waals surface area contributed by atoms with Crippen LogP contribution in [0.25, 0.3) is 0 Å². The zero-order valence-electron chi connectivity index (χ0n) is 10.1. The fourth-order valence-corrected chi connectivity index (χ4v) is 2.41. The molecule has 0 aromatic rings. The normalized spacial score (nSPS) is 21.6. The van der Waals surface area contributed by atoms with Crippen molar-refractivity contribution in [2.45, 2.75) is 25.8 Å². The van der Waals surface area contributed by atoms with Gasteiger partial charge in [-0.2, -0.15) is 0 Å². The maximum atomic E-state index is 11.5. The first-order valence-electron chi connectivity index (χ1n) is 6.18. The van der Waals surface area contributed by atoms with E-state index in [0.29, 0.717) is 19.7 Å². The molecule has 0 saturated carbocycles. The van der Waals surface area contributed by atoms with Crippen molar-refractivity contribution in [3.05, 3.63) is 0 Å². The molecule has 3 amide bonds. The third-order valence-electron chi connectivity index (χ3n) is 3.32. The molecule has 17 heavy (non-hydrogen) atoms. The van der Waals surface area contributed by atoms with E-state index in [1.807, 2.05) is 4.90 Å². The molecule has 1 N–H and O–H groups in total. The van der Waals surface area contributed by atoms with E-state index >= 15 is 0 Å². The summed E-state index contributed by atoms with van der Waals surface area (Å²) in [5, 5.41) is 2.80. The van der Waals surface area contributed by atoms with E-state index in [2.05, 4.69) is 5.32 Å². The fraction of sp³-hybridized carbons (Fsp3) is 0.818. The predicted molar refractivity (Wildman–Crippen MR) is 61.7 cm³/mol. The first-order chi connectivity index (χ1) is 8.22. The molecule has 0 spiro atoms. The maximum absolute atomic E-state index is 11.5. The lowest BCUT2D eigenvalue weighted by Gasteiger charge is -2.35. The quantitative estimate of drug-likeness (QED) is 0.771. The Hall–Kier alpha value is -1.46. The van der Waals surface area contributed by atoms with Gasteiger partial charge in [0.2, 0.25) is 0 Å². The molecule has 2 aliphatic heterocycles. The van der Waals surface area contributed by atoms with Crippen molar-refractivity contribution < 1.29 is 14.3 Å². The number of amides is 3. The summed E-state index contributed by atoms with van der Waals surface area (Å²) in [5.41, 5.74) is 0. The van der Waals surface area contributed by atoms with E-state index in [0.717, 1.165) is 25.9 Å². The van der Waals surface area contributed by atoms with Gasteiger partial charge in [0, 0.05) is 32.2 Å². The molecule has 2 rings (SSSR count). The number of likely N-dealkylation sites (tertiary alicyclic amines) is 1. The number of rotatable bonds is 2. The lowest BCUT2D eigenvalue weighted by molar-refractivity contribution is 0.0851. The van der Waals surface area contributed by atoms with Crippen molar-refractivity contribution in [1.29, 1.82) is 0 Å². The predicted octanol–water partition coefficient (Wildman–Crippen LogP) is 0.633. The SMILES string of the molecule is CCOC(=O)N1CCC(N2CCNC2=O)CC1. The molecule has 0 bridgehead atoms. The van der Waals surface area contributed by atoms with Gasteiger partial charge in [0.25, 0.3) is 0 Å². The maximum Gasteiger partial charge on any atom is 0.409 e. The summed E-state index contributed by atoms with van der Waals surface area (Å²) in [6, 6.07) is 0.294. The van der Waals surface area contributed by atoms with Crippen molar-refractivity contribution >= 4 is 12.1 Å². The number of nitrogens with zero attached hydrogens (tertiary/aromatic N) is 2. The summed E-state index contributed by atoms with van der Waals surface area (Å²) in [5.74, 6) is 0. The van der Waals surface area contributed by atoms with Crippen LogP contribution in [0.3, 0.4) is 0 Å². The standard InChI is InChI=1S/C11H19N3O3/c1-2-17-11(16)13-6-3-9(4-7-13)14-8-5-12-10(14)15/h9H,2-8H2,1H3,(H,12,15). The Morgan fingerprint density at radius 3 is 2.65 bits per heavy atom. The third-order valence-corrected chi connectivity index (χ3v) is 3.32. The third kappa shape index (κ3) is 2.62. The lowest BCUT2D eigenvalue weighted by Crippen LogP contribution is -2.47. The number of urea groups is 1. The molecule has 0 aliphatic carbocycles. The largest absolute Gasteiger partial charge is 0.450 e. The molecule has 2 fully saturated rings. The minimum atomic E-state index is -0.239. The topological polar surface area (TPSA) is 61.9 Å². The van der Waals surface area contributed by atoms with E-state index in [1.54, 1.807) is 11.8 Å². The van der Waals surface area contributed by atoms with Gasteiger partial charge in [-0.15, -0.1) is 0 Å². The molecule has 6 heteroatoms. The molecule has 96 valence electrons. The minimum Gasteiger partial charge on any atom is -0.450 e. The van der Waals surface area contributed by atoms with E-state index in [4.69, 9.17) is 4.74 Å². The Kier molecular flexibility index (Phi) is 3.71. The van der Waals surface area contributed by atoms with Gasteiger partial charge in [-0.3, -0.25) is 0 Å². The second-order valence-electron chi connectivity index (χ2n) is 4.34. The zero-order chi connectivity index (χ0) is 12.3. The summed E-state index contributed by atoms with van der Waals surface area (Å²) < 4.78 is 4.96. The van der Waals surface area contributed by atoms with Crippen LogP contribution in [0.5, 0.6) is 0 Å². The average Bonchev–Trinajstić information content (AvgIpc) is 2.76. The summed E-state index contributed by atoms with van der Waals surface area (Å²) >= 11 is 0. The first kappa shape index (κ1) is 12.0. The molecule has 0 unspecified atom stereocenters. The van der Waals surface area contributed by atoms with Crippen LogP contribution in [0.4, 0.5) is 9.59 Å². The smallest absolute Gasteiger partial charge is 0.409 e. The highest BCUT2D eigenvalue weighted by atomic mass is 16.6. The molecule has 0 radical (unpaired) electrons. The molecule has 0 aromatic carbocycles. The molecular weight excluding hydrogens is 222 g/mol. The van der Waals surface area contributed by atoms with Crippen LogP contribution in [0, 0.1) is 0 Å². The van der Waals surface area contributed by atoms with Gasteiger partial charge in [0.15, 0.2) is 0 Å². The Morgan fingerprint density at radius 2 is 2.12 bits per heavy atom. The van der Waals surface area contributed by atoms with E-state index < -0.39 is 0 Å². The first-order valence-corrected chi connectivity index (χ1v) is 6.18. The molecular formula is C11H19N3O3. The van der Waals surface area contributed by atoms with Crippen molar-refractivity contribution in [3.8, 4) is 0 Å². The second kappa shape index (κ2) is 5.25. The Morgan fingerprint density at radius 1 is 1.41 bits per heavy atom. The lowest BCUT2D eigenvalue weighted by atomic mass is 10.0. The summed E-state index contributed by atoms with van der Waals surface area (Å²) in [7, 11) is 0. The van der Waals surface area contributed by atoms with Crippen LogP contribution >= 0.6 is 0 Å². The Labute approximate surface area is 101 Å². The van der Waals surface area contributed by atoms with Crippen LogP contribution in [-0.4, -0.2) is 60.8 Å². The zero-order valence-corrected chi connectivity index (χ0v) is 10.1.